The molecule has 1 aliphatic heterocycles. The molecule has 18 heavy (non-hydrogen) atoms. The minimum atomic E-state index is -0.289. The van der Waals surface area contributed by atoms with E-state index in [0.717, 1.165) is 10.4 Å². The highest BCUT2D eigenvalue weighted by Gasteiger charge is 2.29. The molecular formula is C12H10FN3OS. The van der Waals surface area contributed by atoms with Crippen LogP contribution in [0.3, 0.4) is 0 Å². The van der Waals surface area contributed by atoms with E-state index >= 15 is 0 Å². The Bertz CT molecular complexity index is 608. The van der Waals surface area contributed by atoms with Gasteiger partial charge in [0.2, 0.25) is 5.91 Å². The van der Waals surface area contributed by atoms with Gasteiger partial charge in [0.15, 0.2) is 5.13 Å². The van der Waals surface area contributed by atoms with E-state index in [-0.39, 0.29) is 17.6 Å². The Balaban J connectivity index is 2.06. The Kier molecular flexibility index (Phi) is 2.52. The van der Waals surface area contributed by atoms with Crippen molar-refractivity contribution in [2.45, 2.75) is 12.3 Å². The van der Waals surface area contributed by atoms with Crippen LogP contribution in [0.25, 0.3) is 0 Å². The summed E-state index contributed by atoms with van der Waals surface area (Å²) < 4.78 is 12.9. The molecule has 1 aliphatic rings. The van der Waals surface area contributed by atoms with Crippen molar-refractivity contribution >= 4 is 28.2 Å². The van der Waals surface area contributed by atoms with Crippen LogP contribution in [0, 0.1) is 5.82 Å². The number of nitrogens with zero attached hydrogens (tertiary/aromatic N) is 1. The standard InChI is InChI=1S/C12H10FN3OS/c13-7-3-1-6(2-4-7)8-5-9(17)15-11-10(8)18-12(14)16-11/h1-4,8H,5H2,(H2,14,16)(H,15,17)/t8-/m1/s1. The van der Waals surface area contributed by atoms with E-state index in [9.17, 15) is 9.18 Å². The monoisotopic (exact) mass is 263 g/mol. The number of hydrogen-bond donors (Lipinski definition) is 2. The summed E-state index contributed by atoms with van der Waals surface area (Å²) >= 11 is 1.36. The van der Waals surface area contributed by atoms with Crippen molar-refractivity contribution < 1.29 is 9.18 Å². The van der Waals surface area contributed by atoms with Gasteiger partial charge in [0.1, 0.15) is 11.6 Å². The molecule has 0 radical (unpaired) electrons. The van der Waals surface area contributed by atoms with E-state index in [0.29, 0.717) is 17.4 Å². The van der Waals surface area contributed by atoms with Gasteiger partial charge in [-0.3, -0.25) is 4.79 Å². The number of rotatable bonds is 1. The number of fused-ring (bicyclic) bond motifs is 1. The first-order valence-corrected chi connectivity index (χ1v) is 6.26. The summed E-state index contributed by atoms with van der Waals surface area (Å²) in [6, 6.07) is 6.18. The number of carbonyl (C=O) groups is 1. The number of anilines is 2. The zero-order valence-electron chi connectivity index (χ0n) is 9.31. The lowest BCUT2D eigenvalue weighted by Crippen LogP contribution is -2.22. The third-order valence-corrected chi connectivity index (χ3v) is 3.90. The van der Waals surface area contributed by atoms with Crippen molar-refractivity contribution in [3.05, 3.63) is 40.5 Å². The van der Waals surface area contributed by atoms with E-state index < -0.39 is 0 Å². The van der Waals surface area contributed by atoms with Crippen LogP contribution in [-0.4, -0.2) is 10.9 Å². The number of carbonyl (C=O) groups excluding carboxylic acids is 1. The Morgan fingerprint density at radius 1 is 1.39 bits per heavy atom. The molecule has 3 N–H and O–H groups in total. The molecule has 1 aromatic carbocycles. The Morgan fingerprint density at radius 2 is 2.11 bits per heavy atom. The predicted molar refractivity (Wildman–Crippen MR) is 68.0 cm³/mol. The molecule has 0 saturated heterocycles. The molecule has 1 atom stereocenters. The van der Waals surface area contributed by atoms with Gasteiger partial charge in [0.25, 0.3) is 0 Å². The number of hydrogen-bond acceptors (Lipinski definition) is 4. The molecule has 1 aromatic heterocycles. The Hall–Kier alpha value is -1.95. The van der Waals surface area contributed by atoms with Crippen LogP contribution in [-0.2, 0) is 4.79 Å². The van der Waals surface area contributed by atoms with Gasteiger partial charge >= 0.3 is 0 Å². The van der Waals surface area contributed by atoms with Gasteiger partial charge < -0.3 is 11.1 Å². The van der Waals surface area contributed by atoms with Gasteiger partial charge in [-0.2, -0.15) is 0 Å². The van der Waals surface area contributed by atoms with E-state index in [1.807, 2.05) is 0 Å². The molecule has 4 nitrogen and oxygen atoms in total. The van der Waals surface area contributed by atoms with Gasteiger partial charge in [-0.1, -0.05) is 23.5 Å². The van der Waals surface area contributed by atoms with Crippen LogP contribution < -0.4 is 11.1 Å². The van der Waals surface area contributed by atoms with Crippen LogP contribution in [0.5, 0.6) is 0 Å². The van der Waals surface area contributed by atoms with Crippen LogP contribution in [0.4, 0.5) is 15.3 Å². The van der Waals surface area contributed by atoms with Crippen LogP contribution in [0.15, 0.2) is 24.3 Å². The summed E-state index contributed by atoms with van der Waals surface area (Å²) in [4.78, 5) is 16.6. The van der Waals surface area contributed by atoms with Gasteiger partial charge in [-0.15, -0.1) is 0 Å². The minimum Gasteiger partial charge on any atom is -0.375 e. The maximum Gasteiger partial charge on any atom is 0.226 e. The molecule has 0 unspecified atom stereocenters. The fraction of sp³-hybridized carbons (Fsp3) is 0.167. The summed E-state index contributed by atoms with van der Waals surface area (Å²) in [5.74, 6) is 0.0532. The average Bonchev–Trinajstić information content (AvgIpc) is 2.69. The van der Waals surface area contributed by atoms with E-state index in [1.54, 1.807) is 12.1 Å². The molecule has 0 fully saturated rings. The zero-order valence-corrected chi connectivity index (χ0v) is 10.1. The first-order chi connectivity index (χ1) is 8.63. The number of aromatic nitrogens is 1. The lowest BCUT2D eigenvalue weighted by Gasteiger charge is -2.21. The van der Waals surface area contributed by atoms with Gasteiger partial charge in [-0.25, -0.2) is 9.37 Å². The average molecular weight is 263 g/mol. The van der Waals surface area contributed by atoms with Crippen LogP contribution >= 0.6 is 11.3 Å². The molecule has 0 spiro atoms. The Labute approximate surface area is 107 Å². The van der Waals surface area contributed by atoms with Crippen molar-refractivity contribution in [2.24, 2.45) is 0 Å². The van der Waals surface area contributed by atoms with Crippen molar-refractivity contribution in [3.63, 3.8) is 0 Å². The highest BCUT2D eigenvalue weighted by Crippen LogP contribution is 2.41. The summed E-state index contributed by atoms with van der Waals surface area (Å²) in [7, 11) is 0. The maximum absolute atomic E-state index is 12.9. The number of nitrogen functional groups attached to an aromatic ring is 1. The molecule has 2 heterocycles. The summed E-state index contributed by atoms with van der Waals surface area (Å²) in [6.45, 7) is 0. The van der Waals surface area contributed by atoms with E-state index in [2.05, 4.69) is 10.3 Å². The number of thiazole rings is 1. The second-order valence-electron chi connectivity index (χ2n) is 4.12. The topological polar surface area (TPSA) is 68.0 Å². The second kappa shape index (κ2) is 4.06. The lowest BCUT2D eigenvalue weighted by molar-refractivity contribution is -0.116. The quantitative estimate of drug-likeness (QED) is 0.829. The number of amides is 1. The number of benzene rings is 1. The third kappa shape index (κ3) is 1.84. The summed E-state index contributed by atoms with van der Waals surface area (Å²) in [5, 5.41) is 3.12. The molecule has 1 amide bonds. The highest BCUT2D eigenvalue weighted by atomic mass is 32.1. The molecule has 0 aliphatic carbocycles. The number of nitrogens with one attached hydrogen (secondary N) is 1. The first-order valence-electron chi connectivity index (χ1n) is 5.45. The minimum absolute atomic E-state index is 0.0934. The summed E-state index contributed by atoms with van der Waals surface area (Å²) in [5.41, 5.74) is 6.56. The van der Waals surface area contributed by atoms with Crippen molar-refractivity contribution in [2.75, 3.05) is 11.1 Å². The van der Waals surface area contributed by atoms with E-state index in [1.165, 1.54) is 23.5 Å². The first kappa shape index (κ1) is 11.2. The SMILES string of the molecule is Nc1nc2c(s1)[C@@H](c1ccc(F)cc1)CC(=O)N2. The molecule has 3 rings (SSSR count). The fourth-order valence-electron chi connectivity index (χ4n) is 2.10. The molecule has 92 valence electrons. The zero-order chi connectivity index (χ0) is 12.7. The largest absolute Gasteiger partial charge is 0.375 e. The molecular weight excluding hydrogens is 253 g/mol. The maximum atomic E-state index is 12.9. The fourth-order valence-corrected chi connectivity index (χ4v) is 3.02. The van der Waals surface area contributed by atoms with Crippen molar-refractivity contribution in [1.82, 2.24) is 4.98 Å². The lowest BCUT2D eigenvalue weighted by atomic mass is 9.92. The third-order valence-electron chi connectivity index (χ3n) is 2.91. The molecule has 0 saturated carbocycles. The van der Waals surface area contributed by atoms with Crippen LogP contribution in [0.2, 0.25) is 0 Å². The predicted octanol–water partition coefficient (Wildman–Crippen LogP) is 2.34. The van der Waals surface area contributed by atoms with Gasteiger partial charge in [0, 0.05) is 12.3 Å². The van der Waals surface area contributed by atoms with Gasteiger partial charge in [-0.05, 0) is 17.7 Å². The normalized spacial score (nSPS) is 18.3. The van der Waals surface area contributed by atoms with Crippen LogP contribution in [0.1, 0.15) is 22.8 Å². The second-order valence-corrected chi connectivity index (χ2v) is 5.18. The molecule has 2 aromatic rings. The molecule has 0 bridgehead atoms. The van der Waals surface area contributed by atoms with Crippen molar-refractivity contribution in [1.29, 1.82) is 0 Å². The number of halogens is 1. The smallest absolute Gasteiger partial charge is 0.226 e. The summed E-state index contributed by atoms with van der Waals surface area (Å²) in [6.07, 6.45) is 0.334. The van der Waals surface area contributed by atoms with Gasteiger partial charge in [0.05, 0.1) is 4.88 Å². The van der Waals surface area contributed by atoms with Crippen molar-refractivity contribution in [3.8, 4) is 0 Å². The Morgan fingerprint density at radius 3 is 2.83 bits per heavy atom. The molecule has 6 heteroatoms. The number of nitrogens with two attached hydrogens (primary N) is 1. The highest BCUT2D eigenvalue weighted by molar-refractivity contribution is 7.16. The van der Waals surface area contributed by atoms with E-state index in [4.69, 9.17) is 5.73 Å².